The number of alkyl halides is 1. The third-order valence-corrected chi connectivity index (χ3v) is 3.39. The van der Waals surface area contributed by atoms with Gasteiger partial charge in [-0.2, -0.15) is 0 Å². The van der Waals surface area contributed by atoms with Crippen molar-refractivity contribution in [2.75, 3.05) is 5.88 Å². The first-order valence-electron chi connectivity index (χ1n) is 5.96. The Morgan fingerprint density at radius 1 is 1.00 bits per heavy atom. The van der Waals surface area contributed by atoms with E-state index in [0.717, 1.165) is 6.42 Å². The molecular formula is C16H17Cl. The van der Waals surface area contributed by atoms with Crippen LogP contribution in [0.15, 0.2) is 54.6 Å². The van der Waals surface area contributed by atoms with E-state index < -0.39 is 0 Å². The Labute approximate surface area is 108 Å². The third-order valence-electron chi connectivity index (χ3n) is 3.02. The van der Waals surface area contributed by atoms with Gasteiger partial charge in [-0.1, -0.05) is 60.2 Å². The van der Waals surface area contributed by atoms with Crippen LogP contribution in [0.4, 0.5) is 0 Å². The molecule has 0 aliphatic rings. The van der Waals surface area contributed by atoms with E-state index in [1.807, 2.05) is 6.07 Å². The second-order valence-electron chi connectivity index (χ2n) is 4.46. The molecule has 0 aliphatic carbocycles. The van der Waals surface area contributed by atoms with Gasteiger partial charge in [0.15, 0.2) is 0 Å². The van der Waals surface area contributed by atoms with Gasteiger partial charge in [0, 0.05) is 11.8 Å². The number of halogens is 1. The van der Waals surface area contributed by atoms with Gasteiger partial charge < -0.3 is 0 Å². The Balaban J connectivity index is 2.16. The molecular weight excluding hydrogens is 228 g/mol. The summed E-state index contributed by atoms with van der Waals surface area (Å²) in [6.45, 7) is 2.13. The lowest BCUT2D eigenvalue weighted by molar-refractivity contribution is 0.766. The molecule has 0 amide bonds. The molecule has 1 heteroatoms. The normalized spacial score (nSPS) is 12.4. The lowest BCUT2D eigenvalue weighted by Crippen LogP contribution is -2.04. The van der Waals surface area contributed by atoms with Crippen molar-refractivity contribution in [2.24, 2.45) is 0 Å². The molecule has 2 aromatic carbocycles. The SMILES string of the molecule is Cc1cccc(CC(CCl)c2ccccc2)c1. The van der Waals surface area contributed by atoms with Crippen molar-refractivity contribution in [1.29, 1.82) is 0 Å². The fourth-order valence-electron chi connectivity index (χ4n) is 2.11. The minimum atomic E-state index is 0.402. The smallest absolute Gasteiger partial charge is 0.0295 e. The van der Waals surface area contributed by atoms with Gasteiger partial charge >= 0.3 is 0 Å². The van der Waals surface area contributed by atoms with Crippen molar-refractivity contribution in [3.8, 4) is 0 Å². The Morgan fingerprint density at radius 2 is 1.76 bits per heavy atom. The zero-order valence-corrected chi connectivity index (χ0v) is 10.8. The molecule has 2 rings (SSSR count). The fourth-order valence-corrected chi connectivity index (χ4v) is 2.40. The van der Waals surface area contributed by atoms with E-state index in [-0.39, 0.29) is 0 Å². The average molecular weight is 245 g/mol. The number of benzene rings is 2. The molecule has 0 radical (unpaired) electrons. The van der Waals surface area contributed by atoms with Crippen LogP contribution in [0.25, 0.3) is 0 Å². The van der Waals surface area contributed by atoms with Crippen LogP contribution < -0.4 is 0 Å². The lowest BCUT2D eigenvalue weighted by Gasteiger charge is -2.14. The summed E-state index contributed by atoms with van der Waals surface area (Å²) in [5, 5.41) is 0. The molecule has 0 spiro atoms. The Morgan fingerprint density at radius 3 is 2.41 bits per heavy atom. The Hall–Kier alpha value is -1.27. The van der Waals surface area contributed by atoms with Crippen molar-refractivity contribution < 1.29 is 0 Å². The topological polar surface area (TPSA) is 0 Å². The highest BCUT2D eigenvalue weighted by Gasteiger charge is 2.10. The Bertz CT molecular complexity index is 462. The Kier molecular flexibility index (Phi) is 4.22. The van der Waals surface area contributed by atoms with Crippen LogP contribution in [-0.2, 0) is 6.42 Å². The molecule has 0 nitrogen and oxygen atoms in total. The third kappa shape index (κ3) is 3.34. The van der Waals surface area contributed by atoms with Crippen LogP contribution in [0.2, 0.25) is 0 Å². The highest BCUT2D eigenvalue weighted by atomic mass is 35.5. The second-order valence-corrected chi connectivity index (χ2v) is 4.76. The van der Waals surface area contributed by atoms with Crippen LogP contribution in [0, 0.1) is 6.92 Å². The molecule has 0 aliphatic heterocycles. The highest BCUT2D eigenvalue weighted by molar-refractivity contribution is 6.18. The first kappa shape index (κ1) is 12.2. The summed E-state index contributed by atoms with van der Waals surface area (Å²) >= 11 is 6.09. The number of hydrogen-bond donors (Lipinski definition) is 0. The molecule has 0 fully saturated rings. The predicted octanol–water partition coefficient (Wildman–Crippen LogP) is 4.56. The first-order valence-corrected chi connectivity index (χ1v) is 6.49. The number of aryl methyl sites for hydroxylation is 1. The van der Waals surface area contributed by atoms with Gasteiger partial charge in [0.25, 0.3) is 0 Å². The van der Waals surface area contributed by atoms with Gasteiger partial charge in [0.2, 0.25) is 0 Å². The summed E-state index contributed by atoms with van der Waals surface area (Å²) in [7, 11) is 0. The van der Waals surface area contributed by atoms with Crippen molar-refractivity contribution >= 4 is 11.6 Å². The molecule has 0 N–H and O–H groups in total. The zero-order valence-electron chi connectivity index (χ0n) is 10.1. The van der Waals surface area contributed by atoms with E-state index in [2.05, 4.69) is 55.5 Å². The van der Waals surface area contributed by atoms with Crippen molar-refractivity contribution in [1.82, 2.24) is 0 Å². The predicted molar refractivity (Wildman–Crippen MR) is 74.8 cm³/mol. The average Bonchev–Trinajstić information content (AvgIpc) is 2.37. The van der Waals surface area contributed by atoms with E-state index in [0.29, 0.717) is 11.8 Å². The van der Waals surface area contributed by atoms with Crippen molar-refractivity contribution in [3.05, 3.63) is 71.3 Å². The molecule has 0 aromatic heterocycles. The molecule has 0 saturated heterocycles. The van der Waals surface area contributed by atoms with Crippen LogP contribution in [0.5, 0.6) is 0 Å². The summed E-state index contributed by atoms with van der Waals surface area (Å²) in [6.07, 6.45) is 1.01. The molecule has 1 atom stereocenters. The van der Waals surface area contributed by atoms with E-state index in [1.165, 1.54) is 16.7 Å². The van der Waals surface area contributed by atoms with Crippen LogP contribution in [-0.4, -0.2) is 5.88 Å². The molecule has 0 bridgehead atoms. The van der Waals surface area contributed by atoms with Crippen molar-refractivity contribution in [3.63, 3.8) is 0 Å². The van der Waals surface area contributed by atoms with Gasteiger partial charge in [0.1, 0.15) is 0 Å². The summed E-state index contributed by atoms with van der Waals surface area (Å²) in [4.78, 5) is 0. The highest BCUT2D eigenvalue weighted by Crippen LogP contribution is 2.22. The summed E-state index contributed by atoms with van der Waals surface area (Å²) in [5.41, 5.74) is 3.99. The summed E-state index contributed by atoms with van der Waals surface area (Å²) < 4.78 is 0. The molecule has 1 unspecified atom stereocenters. The van der Waals surface area contributed by atoms with Gasteiger partial charge in [0.05, 0.1) is 0 Å². The zero-order chi connectivity index (χ0) is 12.1. The van der Waals surface area contributed by atoms with Gasteiger partial charge in [-0.3, -0.25) is 0 Å². The summed E-state index contributed by atoms with van der Waals surface area (Å²) in [5.74, 6) is 1.07. The number of rotatable bonds is 4. The van der Waals surface area contributed by atoms with Crippen LogP contribution >= 0.6 is 11.6 Å². The van der Waals surface area contributed by atoms with Gasteiger partial charge in [-0.15, -0.1) is 11.6 Å². The summed E-state index contributed by atoms with van der Waals surface area (Å²) in [6, 6.07) is 19.2. The van der Waals surface area contributed by atoms with Crippen molar-refractivity contribution in [2.45, 2.75) is 19.3 Å². The molecule has 0 heterocycles. The molecule has 17 heavy (non-hydrogen) atoms. The number of hydrogen-bond acceptors (Lipinski definition) is 0. The van der Waals surface area contributed by atoms with Gasteiger partial charge in [-0.05, 0) is 24.5 Å². The van der Waals surface area contributed by atoms with Crippen LogP contribution in [0.1, 0.15) is 22.6 Å². The van der Waals surface area contributed by atoms with E-state index >= 15 is 0 Å². The first-order chi connectivity index (χ1) is 8.29. The fraction of sp³-hybridized carbons (Fsp3) is 0.250. The molecule has 2 aromatic rings. The standard InChI is InChI=1S/C16H17Cl/c1-13-6-5-7-14(10-13)11-16(12-17)15-8-3-2-4-9-15/h2-10,16H,11-12H2,1H3. The maximum atomic E-state index is 6.09. The minimum absolute atomic E-state index is 0.402. The maximum Gasteiger partial charge on any atom is 0.0295 e. The molecule has 88 valence electrons. The van der Waals surface area contributed by atoms with Crippen LogP contribution in [0.3, 0.4) is 0 Å². The second kappa shape index (κ2) is 5.88. The largest absolute Gasteiger partial charge is 0.126 e. The quantitative estimate of drug-likeness (QED) is 0.692. The van der Waals surface area contributed by atoms with Gasteiger partial charge in [-0.25, -0.2) is 0 Å². The van der Waals surface area contributed by atoms with E-state index in [1.54, 1.807) is 0 Å². The monoisotopic (exact) mass is 244 g/mol. The minimum Gasteiger partial charge on any atom is -0.126 e. The maximum absolute atomic E-state index is 6.09. The van der Waals surface area contributed by atoms with E-state index in [4.69, 9.17) is 11.6 Å². The lowest BCUT2D eigenvalue weighted by atomic mass is 9.93. The van der Waals surface area contributed by atoms with E-state index in [9.17, 15) is 0 Å². The molecule has 0 saturated carbocycles.